The number of carbonyl (C=O) groups is 1. The lowest BCUT2D eigenvalue weighted by Crippen LogP contribution is -1.93. The molecule has 0 atom stereocenters. The summed E-state index contributed by atoms with van der Waals surface area (Å²) in [6.45, 7) is 3.95. The van der Waals surface area contributed by atoms with Crippen LogP contribution in [-0.4, -0.2) is 5.78 Å². The smallest absolute Gasteiger partial charge is 0.136 e. The Morgan fingerprint density at radius 2 is 2.12 bits per heavy atom. The molecular formula is C7H13O. The van der Waals surface area contributed by atoms with Crippen molar-refractivity contribution in [1.29, 1.82) is 0 Å². The van der Waals surface area contributed by atoms with Gasteiger partial charge in [0.05, 0.1) is 0 Å². The first kappa shape index (κ1) is 7.67. The van der Waals surface area contributed by atoms with E-state index in [4.69, 9.17) is 0 Å². The predicted octanol–water partition coefficient (Wildman–Crippen LogP) is 1.97. The number of hydrogen-bond acceptors (Lipinski definition) is 1. The first-order valence-corrected chi connectivity index (χ1v) is 3.17. The summed E-state index contributed by atoms with van der Waals surface area (Å²) < 4.78 is 0. The van der Waals surface area contributed by atoms with E-state index >= 15 is 0 Å². The zero-order chi connectivity index (χ0) is 6.41. The second kappa shape index (κ2) is 4.82. The van der Waals surface area contributed by atoms with Crippen LogP contribution < -0.4 is 0 Å². The van der Waals surface area contributed by atoms with Gasteiger partial charge in [0, 0.05) is 12.8 Å². The predicted molar refractivity (Wildman–Crippen MR) is 34.5 cm³/mol. The molecule has 0 aliphatic rings. The average molecular weight is 113 g/mol. The van der Waals surface area contributed by atoms with Gasteiger partial charge in [-0.15, -0.1) is 0 Å². The van der Waals surface area contributed by atoms with E-state index in [1.807, 2.05) is 6.92 Å². The molecule has 1 heteroatoms. The molecule has 0 aliphatic carbocycles. The third-order valence-electron chi connectivity index (χ3n) is 1.01. The quantitative estimate of drug-likeness (QED) is 0.544. The standard InChI is InChI=1S/C7H13O/c1-3-5-6-7(8)4-2/h6H,3-5H2,1-2H3. The molecule has 0 saturated carbocycles. The molecule has 1 radical (unpaired) electrons. The number of Topliss-reactive ketones (excluding diaryl/α,β-unsaturated/α-hetero) is 1. The summed E-state index contributed by atoms with van der Waals surface area (Å²) in [4.78, 5) is 10.5. The minimum absolute atomic E-state index is 0.270. The van der Waals surface area contributed by atoms with Crippen LogP contribution in [0.1, 0.15) is 33.1 Å². The largest absolute Gasteiger partial charge is 0.299 e. The highest BCUT2D eigenvalue weighted by Gasteiger charge is 1.94. The second-order valence-electron chi connectivity index (χ2n) is 1.81. The minimum atomic E-state index is 0.270. The van der Waals surface area contributed by atoms with Crippen molar-refractivity contribution >= 4 is 5.78 Å². The zero-order valence-corrected chi connectivity index (χ0v) is 5.61. The molecule has 0 saturated heterocycles. The van der Waals surface area contributed by atoms with Gasteiger partial charge in [0.25, 0.3) is 0 Å². The molecule has 0 unspecified atom stereocenters. The molecule has 0 aromatic heterocycles. The molecule has 0 aromatic carbocycles. The van der Waals surface area contributed by atoms with Crippen LogP contribution in [0.2, 0.25) is 0 Å². The molecule has 0 spiro atoms. The van der Waals surface area contributed by atoms with Crippen molar-refractivity contribution in [3.05, 3.63) is 6.42 Å². The first-order valence-electron chi connectivity index (χ1n) is 3.17. The molecule has 0 fully saturated rings. The van der Waals surface area contributed by atoms with Gasteiger partial charge in [-0.2, -0.15) is 0 Å². The van der Waals surface area contributed by atoms with Crippen LogP contribution in [0.3, 0.4) is 0 Å². The highest BCUT2D eigenvalue weighted by Crippen LogP contribution is 1.95. The van der Waals surface area contributed by atoms with Crippen molar-refractivity contribution in [3.63, 3.8) is 0 Å². The van der Waals surface area contributed by atoms with Crippen molar-refractivity contribution < 1.29 is 4.79 Å². The topological polar surface area (TPSA) is 17.1 Å². The van der Waals surface area contributed by atoms with E-state index in [-0.39, 0.29) is 5.78 Å². The molecule has 8 heavy (non-hydrogen) atoms. The van der Waals surface area contributed by atoms with Gasteiger partial charge in [-0.25, -0.2) is 0 Å². The maximum absolute atomic E-state index is 10.5. The van der Waals surface area contributed by atoms with Crippen LogP contribution >= 0.6 is 0 Å². The van der Waals surface area contributed by atoms with Crippen LogP contribution in [0.5, 0.6) is 0 Å². The third kappa shape index (κ3) is 3.85. The Kier molecular flexibility index (Phi) is 4.62. The van der Waals surface area contributed by atoms with Gasteiger partial charge < -0.3 is 0 Å². The summed E-state index contributed by atoms with van der Waals surface area (Å²) >= 11 is 0. The summed E-state index contributed by atoms with van der Waals surface area (Å²) in [6, 6.07) is 0. The van der Waals surface area contributed by atoms with E-state index in [1.165, 1.54) is 0 Å². The maximum Gasteiger partial charge on any atom is 0.136 e. The SMILES string of the molecule is CCC[CH]C(=O)CC. The molecule has 0 heterocycles. The highest BCUT2D eigenvalue weighted by molar-refractivity contribution is 5.86. The molecule has 47 valence electrons. The molecular weight excluding hydrogens is 100 g/mol. The third-order valence-corrected chi connectivity index (χ3v) is 1.01. The van der Waals surface area contributed by atoms with Crippen LogP contribution in [0, 0.1) is 6.42 Å². The van der Waals surface area contributed by atoms with E-state index in [0.717, 1.165) is 12.8 Å². The van der Waals surface area contributed by atoms with Crippen molar-refractivity contribution in [1.82, 2.24) is 0 Å². The molecule has 1 nitrogen and oxygen atoms in total. The minimum Gasteiger partial charge on any atom is -0.299 e. The Balaban J connectivity index is 2.99. The first-order chi connectivity index (χ1) is 3.81. The number of rotatable bonds is 4. The van der Waals surface area contributed by atoms with Crippen molar-refractivity contribution in [3.8, 4) is 0 Å². The lowest BCUT2D eigenvalue weighted by atomic mass is 10.1. The Morgan fingerprint density at radius 1 is 1.50 bits per heavy atom. The van der Waals surface area contributed by atoms with Gasteiger partial charge in [0.15, 0.2) is 0 Å². The normalized spacial score (nSPS) is 9.25. The van der Waals surface area contributed by atoms with Crippen molar-refractivity contribution in [2.45, 2.75) is 33.1 Å². The lowest BCUT2D eigenvalue weighted by Gasteiger charge is -1.90. The summed E-state index contributed by atoms with van der Waals surface area (Å²) in [7, 11) is 0. The highest BCUT2D eigenvalue weighted by atomic mass is 16.1. The lowest BCUT2D eigenvalue weighted by molar-refractivity contribution is -0.115. The average Bonchev–Trinajstić information content (AvgIpc) is 1.83. The summed E-state index contributed by atoms with van der Waals surface area (Å²) in [6.07, 6.45) is 4.43. The number of hydrogen-bond donors (Lipinski definition) is 0. The fourth-order valence-electron chi connectivity index (χ4n) is 0.450. The van der Waals surface area contributed by atoms with Gasteiger partial charge in [0.1, 0.15) is 5.78 Å². The number of carbonyl (C=O) groups excluding carboxylic acids is 1. The van der Waals surface area contributed by atoms with Crippen LogP contribution in [0.15, 0.2) is 0 Å². The van der Waals surface area contributed by atoms with Crippen molar-refractivity contribution in [2.24, 2.45) is 0 Å². The van der Waals surface area contributed by atoms with Gasteiger partial charge in [-0.3, -0.25) is 4.79 Å². The summed E-state index contributed by atoms with van der Waals surface area (Å²) in [5.74, 6) is 0.270. The van der Waals surface area contributed by atoms with E-state index in [9.17, 15) is 4.79 Å². The summed E-state index contributed by atoms with van der Waals surface area (Å²) in [5, 5.41) is 0. The van der Waals surface area contributed by atoms with Crippen LogP contribution in [0.25, 0.3) is 0 Å². The van der Waals surface area contributed by atoms with Gasteiger partial charge in [-0.05, 0) is 6.42 Å². The van der Waals surface area contributed by atoms with E-state index in [2.05, 4.69) is 6.92 Å². The fourth-order valence-corrected chi connectivity index (χ4v) is 0.450. The molecule has 0 N–H and O–H groups in total. The van der Waals surface area contributed by atoms with E-state index < -0.39 is 0 Å². The second-order valence-corrected chi connectivity index (χ2v) is 1.81. The molecule has 0 aliphatic heterocycles. The molecule has 0 amide bonds. The Labute approximate surface area is 51.1 Å². The molecule has 0 aromatic rings. The number of unbranched alkanes of at least 4 members (excludes halogenated alkanes) is 1. The molecule has 0 bridgehead atoms. The van der Waals surface area contributed by atoms with Gasteiger partial charge >= 0.3 is 0 Å². The van der Waals surface area contributed by atoms with E-state index in [1.54, 1.807) is 6.42 Å². The Hall–Kier alpha value is -0.330. The molecule has 0 rings (SSSR count). The summed E-state index contributed by atoms with van der Waals surface area (Å²) in [5.41, 5.74) is 0. The van der Waals surface area contributed by atoms with Crippen molar-refractivity contribution in [2.75, 3.05) is 0 Å². The van der Waals surface area contributed by atoms with Gasteiger partial charge in [-0.1, -0.05) is 20.3 Å². The monoisotopic (exact) mass is 113 g/mol. The van der Waals surface area contributed by atoms with Crippen LogP contribution in [-0.2, 0) is 4.79 Å². The fraction of sp³-hybridized carbons (Fsp3) is 0.714. The van der Waals surface area contributed by atoms with Crippen LogP contribution in [0.4, 0.5) is 0 Å². The zero-order valence-electron chi connectivity index (χ0n) is 5.61. The van der Waals surface area contributed by atoms with Gasteiger partial charge in [0.2, 0.25) is 0 Å². The number of ketones is 1. The van der Waals surface area contributed by atoms with E-state index in [0.29, 0.717) is 6.42 Å². The maximum atomic E-state index is 10.5. The Morgan fingerprint density at radius 3 is 2.50 bits per heavy atom. The Bertz CT molecular complexity index is 66.8.